The van der Waals surface area contributed by atoms with Gasteiger partial charge in [0.15, 0.2) is 0 Å². The first-order chi connectivity index (χ1) is 9.07. The fourth-order valence-electron chi connectivity index (χ4n) is 2.13. The second-order valence-electron chi connectivity index (χ2n) is 5.16. The molecule has 0 unspecified atom stereocenters. The molecule has 2 rings (SSSR count). The molecular formula is C14H22N2O2S. The molecule has 106 valence electrons. The van der Waals surface area contributed by atoms with Crippen LogP contribution in [0.5, 0.6) is 0 Å². The van der Waals surface area contributed by atoms with Gasteiger partial charge in [-0.05, 0) is 42.9 Å². The molecule has 19 heavy (non-hydrogen) atoms. The van der Waals surface area contributed by atoms with Gasteiger partial charge in [0.05, 0.1) is 4.90 Å². The molecule has 0 bridgehead atoms. The molecule has 0 spiro atoms. The van der Waals surface area contributed by atoms with Crippen molar-refractivity contribution >= 4 is 10.0 Å². The minimum Gasteiger partial charge on any atom is -0.326 e. The van der Waals surface area contributed by atoms with E-state index in [1.54, 1.807) is 22.5 Å². The smallest absolute Gasteiger partial charge is 0.243 e. The molecule has 0 radical (unpaired) electrons. The van der Waals surface area contributed by atoms with Crippen LogP contribution >= 0.6 is 0 Å². The second kappa shape index (κ2) is 6.03. The van der Waals surface area contributed by atoms with Gasteiger partial charge >= 0.3 is 0 Å². The van der Waals surface area contributed by atoms with Crippen molar-refractivity contribution in [1.82, 2.24) is 4.31 Å². The van der Waals surface area contributed by atoms with Gasteiger partial charge in [-0.15, -0.1) is 0 Å². The van der Waals surface area contributed by atoms with Gasteiger partial charge in [0.25, 0.3) is 0 Å². The van der Waals surface area contributed by atoms with Crippen LogP contribution in [0.3, 0.4) is 0 Å². The zero-order chi connectivity index (χ0) is 13.9. The Morgan fingerprint density at radius 3 is 2.68 bits per heavy atom. The molecule has 1 aromatic rings. The van der Waals surface area contributed by atoms with E-state index in [1.807, 2.05) is 13.0 Å². The normalized spacial score (nSPS) is 15.9. The molecule has 2 N–H and O–H groups in total. The average Bonchev–Trinajstić information content (AvgIpc) is 3.22. The predicted molar refractivity (Wildman–Crippen MR) is 76.1 cm³/mol. The van der Waals surface area contributed by atoms with Crippen molar-refractivity contribution in [2.24, 2.45) is 11.7 Å². The molecule has 0 atom stereocenters. The van der Waals surface area contributed by atoms with Gasteiger partial charge in [-0.3, -0.25) is 0 Å². The van der Waals surface area contributed by atoms with Crippen molar-refractivity contribution in [2.45, 2.75) is 37.6 Å². The summed E-state index contributed by atoms with van der Waals surface area (Å²) >= 11 is 0. The highest BCUT2D eigenvalue weighted by Gasteiger charge is 2.31. The fourth-order valence-corrected chi connectivity index (χ4v) is 3.81. The lowest BCUT2D eigenvalue weighted by Crippen LogP contribution is -2.33. The predicted octanol–water partition coefficient (Wildman–Crippen LogP) is 1.96. The number of benzene rings is 1. The maximum Gasteiger partial charge on any atom is 0.243 e. The fraction of sp³-hybridized carbons (Fsp3) is 0.571. The monoisotopic (exact) mass is 282 g/mol. The van der Waals surface area contributed by atoms with Crippen molar-refractivity contribution < 1.29 is 8.42 Å². The number of nitrogens with two attached hydrogens (primary N) is 1. The number of nitrogens with zero attached hydrogens (tertiary/aromatic N) is 1. The highest BCUT2D eigenvalue weighted by atomic mass is 32.2. The van der Waals surface area contributed by atoms with Gasteiger partial charge in [0.2, 0.25) is 10.0 Å². The maximum atomic E-state index is 12.6. The van der Waals surface area contributed by atoms with Crippen LogP contribution in [0.25, 0.3) is 0 Å². The SMILES string of the molecule is CCCN(CC1CC1)S(=O)(=O)c1cccc(CN)c1. The van der Waals surface area contributed by atoms with Crippen LogP contribution < -0.4 is 5.73 Å². The van der Waals surface area contributed by atoms with Crippen molar-refractivity contribution in [2.75, 3.05) is 13.1 Å². The Labute approximate surface area is 115 Å². The van der Waals surface area contributed by atoms with Crippen molar-refractivity contribution in [3.8, 4) is 0 Å². The molecule has 1 aliphatic carbocycles. The summed E-state index contributed by atoms with van der Waals surface area (Å²) in [6.45, 7) is 3.61. The molecule has 0 aliphatic heterocycles. The van der Waals surface area contributed by atoms with Crippen molar-refractivity contribution in [1.29, 1.82) is 0 Å². The van der Waals surface area contributed by atoms with Gasteiger partial charge in [-0.2, -0.15) is 4.31 Å². The molecule has 1 saturated carbocycles. The van der Waals surface area contributed by atoms with E-state index in [-0.39, 0.29) is 0 Å². The summed E-state index contributed by atoms with van der Waals surface area (Å²) in [6, 6.07) is 6.95. The van der Waals surface area contributed by atoms with Gasteiger partial charge in [-0.1, -0.05) is 19.1 Å². The third kappa shape index (κ3) is 3.55. The first kappa shape index (κ1) is 14.5. The van der Waals surface area contributed by atoms with Gasteiger partial charge < -0.3 is 5.73 Å². The molecule has 0 saturated heterocycles. The highest BCUT2D eigenvalue weighted by Crippen LogP contribution is 2.31. The van der Waals surface area contributed by atoms with Crippen LogP contribution in [-0.4, -0.2) is 25.8 Å². The van der Waals surface area contributed by atoms with Crippen LogP contribution in [0.4, 0.5) is 0 Å². The Morgan fingerprint density at radius 2 is 2.11 bits per heavy atom. The lowest BCUT2D eigenvalue weighted by Gasteiger charge is -2.21. The molecule has 0 aromatic heterocycles. The summed E-state index contributed by atoms with van der Waals surface area (Å²) in [5.41, 5.74) is 6.43. The summed E-state index contributed by atoms with van der Waals surface area (Å²) in [4.78, 5) is 0.365. The number of hydrogen-bond donors (Lipinski definition) is 1. The van der Waals surface area contributed by atoms with E-state index in [0.29, 0.717) is 30.4 Å². The van der Waals surface area contributed by atoms with E-state index in [1.165, 1.54) is 0 Å². The summed E-state index contributed by atoms with van der Waals surface area (Å²) in [5, 5.41) is 0. The summed E-state index contributed by atoms with van der Waals surface area (Å²) in [7, 11) is -3.37. The van der Waals surface area contributed by atoms with E-state index in [2.05, 4.69) is 0 Å². The standard InChI is InChI=1S/C14H22N2O2S/c1-2-8-16(11-12-6-7-12)19(17,18)14-5-3-4-13(9-14)10-15/h3-5,9,12H,2,6-8,10-11,15H2,1H3. The topological polar surface area (TPSA) is 63.4 Å². The summed E-state index contributed by atoms with van der Waals surface area (Å²) in [5.74, 6) is 0.555. The highest BCUT2D eigenvalue weighted by molar-refractivity contribution is 7.89. The Morgan fingerprint density at radius 1 is 1.37 bits per heavy atom. The Hall–Kier alpha value is -0.910. The molecule has 1 aromatic carbocycles. The Balaban J connectivity index is 2.25. The largest absolute Gasteiger partial charge is 0.326 e. The van der Waals surface area contributed by atoms with Crippen LogP contribution in [-0.2, 0) is 16.6 Å². The maximum absolute atomic E-state index is 12.6. The van der Waals surface area contributed by atoms with E-state index in [0.717, 1.165) is 24.8 Å². The minimum absolute atomic E-state index is 0.361. The van der Waals surface area contributed by atoms with Crippen LogP contribution in [0.2, 0.25) is 0 Å². The molecule has 0 amide bonds. The lowest BCUT2D eigenvalue weighted by molar-refractivity contribution is 0.395. The van der Waals surface area contributed by atoms with Crippen LogP contribution in [0.15, 0.2) is 29.2 Å². The first-order valence-corrected chi connectivity index (χ1v) is 8.31. The summed E-state index contributed by atoms with van der Waals surface area (Å²) < 4.78 is 26.9. The minimum atomic E-state index is -3.37. The van der Waals surface area contributed by atoms with Crippen molar-refractivity contribution in [3.05, 3.63) is 29.8 Å². The van der Waals surface area contributed by atoms with Gasteiger partial charge in [0.1, 0.15) is 0 Å². The molecule has 5 heteroatoms. The van der Waals surface area contributed by atoms with E-state index >= 15 is 0 Å². The zero-order valence-electron chi connectivity index (χ0n) is 11.4. The number of rotatable bonds is 7. The van der Waals surface area contributed by atoms with E-state index in [4.69, 9.17) is 5.73 Å². The lowest BCUT2D eigenvalue weighted by atomic mass is 10.2. The number of sulfonamides is 1. The molecule has 0 heterocycles. The van der Waals surface area contributed by atoms with Crippen LogP contribution in [0, 0.1) is 5.92 Å². The third-order valence-electron chi connectivity index (χ3n) is 3.40. The molecular weight excluding hydrogens is 260 g/mol. The van der Waals surface area contributed by atoms with Crippen LogP contribution in [0.1, 0.15) is 31.7 Å². The quantitative estimate of drug-likeness (QED) is 0.831. The van der Waals surface area contributed by atoms with Gasteiger partial charge in [0, 0.05) is 19.6 Å². The van der Waals surface area contributed by atoms with E-state index in [9.17, 15) is 8.42 Å². The van der Waals surface area contributed by atoms with E-state index < -0.39 is 10.0 Å². The zero-order valence-corrected chi connectivity index (χ0v) is 12.2. The third-order valence-corrected chi connectivity index (χ3v) is 5.26. The second-order valence-corrected chi connectivity index (χ2v) is 7.10. The molecule has 4 nitrogen and oxygen atoms in total. The summed E-state index contributed by atoms with van der Waals surface area (Å²) in [6.07, 6.45) is 3.14. The molecule has 1 fully saturated rings. The van der Waals surface area contributed by atoms with Gasteiger partial charge in [-0.25, -0.2) is 8.42 Å². The first-order valence-electron chi connectivity index (χ1n) is 6.87. The Bertz CT molecular complexity index is 524. The molecule has 1 aliphatic rings. The Kier molecular flexibility index (Phi) is 4.60. The average molecular weight is 282 g/mol. The number of hydrogen-bond acceptors (Lipinski definition) is 3. The van der Waals surface area contributed by atoms with Crippen molar-refractivity contribution in [3.63, 3.8) is 0 Å².